The van der Waals surface area contributed by atoms with E-state index in [0.717, 1.165) is 18.5 Å². The number of nitrogens with zero attached hydrogens (tertiary/aromatic N) is 1. The number of nitrogens with two attached hydrogens (primary N) is 1. The summed E-state index contributed by atoms with van der Waals surface area (Å²) in [6.45, 7) is 1.85. The summed E-state index contributed by atoms with van der Waals surface area (Å²) >= 11 is 0. The summed E-state index contributed by atoms with van der Waals surface area (Å²) in [5.41, 5.74) is 6.33. The molecule has 14 heavy (non-hydrogen) atoms. The van der Waals surface area contributed by atoms with E-state index >= 15 is 0 Å². The largest absolute Gasteiger partial charge is 0.489 e. The number of carbonyl (C=O) groups excluding carboxylic acids is 1. The highest BCUT2D eigenvalue weighted by molar-refractivity contribution is 5.92. The van der Waals surface area contributed by atoms with Gasteiger partial charge in [0.2, 0.25) is 5.91 Å². The molecule has 1 saturated carbocycles. The molecule has 1 amide bonds. The van der Waals surface area contributed by atoms with Crippen LogP contribution in [-0.4, -0.2) is 17.0 Å². The Morgan fingerprint density at radius 2 is 2.36 bits per heavy atom. The third-order valence-corrected chi connectivity index (χ3v) is 2.14. The van der Waals surface area contributed by atoms with Gasteiger partial charge in [0.05, 0.1) is 17.4 Å². The lowest BCUT2D eigenvalue weighted by Crippen LogP contribution is -2.12. The van der Waals surface area contributed by atoms with Crippen LogP contribution in [0.2, 0.25) is 0 Å². The van der Waals surface area contributed by atoms with E-state index in [1.54, 1.807) is 6.07 Å². The number of hydrogen-bond donors (Lipinski definition) is 1. The topological polar surface area (TPSA) is 65.2 Å². The van der Waals surface area contributed by atoms with E-state index in [4.69, 9.17) is 10.5 Å². The highest BCUT2D eigenvalue weighted by Crippen LogP contribution is 2.28. The molecule has 0 atom stereocenters. The van der Waals surface area contributed by atoms with Crippen LogP contribution in [0.15, 0.2) is 12.3 Å². The maximum Gasteiger partial charge on any atom is 0.250 e. The van der Waals surface area contributed by atoms with E-state index in [0.29, 0.717) is 17.4 Å². The van der Waals surface area contributed by atoms with Crippen molar-refractivity contribution in [3.8, 4) is 5.75 Å². The molecule has 0 spiro atoms. The summed E-state index contributed by atoms with van der Waals surface area (Å²) in [5.74, 6) is 0.196. The molecule has 0 bridgehead atoms. The summed E-state index contributed by atoms with van der Waals surface area (Å²) in [7, 11) is 0. The average Bonchev–Trinajstić information content (AvgIpc) is 2.92. The van der Waals surface area contributed by atoms with E-state index in [1.807, 2.05) is 6.92 Å². The average molecular weight is 192 g/mol. The van der Waals surface area contributed by atoms with Gasteiger partial charge in [-0.1, -0.05) is 0 Å². The highest BCUT2D eigenvalue weighted by atomic mass is 16.5. The van der Waals surface area contributed by atoms with Crippen LogP contribution in [0.4, 0.5) is 0 Å². The van der Waals surface area contributed by atoms with Gasteiger partial charge in [-0.3, -0.25) is 9.78 Å². The minimum Gasteiger partial charge on any atom is -0.489 e. The van der Waals surface area contributed by atoms with E-state index in [2.05, 4.69) is 4.98 Å². The fourth-order valence-electron chi connectivity index (χ4n) is 1.13. The maximum atomic E-state index is 10.9. The molecule has 1 aromatic heterocycles. The molecular weight excluding hydrogens is 180 g/mol. The van der Waals surface area contributed by atoms with Crippen molar-refractivity contribution in [1.29, 1.82) is 0 Å². The van der Waals surface area contributed by atoms with Crippen molar-refractivity contribution >= 4 is 5.91 Å². The minimum atomic E-state index is -0.474. The number of hydrogen-bond acceptors (Lipinski definition) is 3. The van der Waals surface area contributed by atoms with Gasteiger partial charge in [0.25, 0.3) is 0 Å². The van der Waals surface area contributed by atoms with Crippen molar-refractivity contribution in [2.24, 2.45) is 5.73 Å². The second-order valence-electron chi connectivity index (χ2n) is 3.49. The van der Waals surface area contributed by atoms with Gasteiger partial charge in [0.15, 0.2) is 0 Å². The summed E-state index contributed by atoms with van der Waals surface area (Å²) in [6, 6.07) is 1.66. The molecule has 2 N–H and O–H groups in total. The Kier molecular flexibility index (Phi) is 2.11. The monoisotopic (exact) mass is 192 g/mol. The summed E-state index contributed by atoms with van der Waals surface area (Å²) < 4.78 is 5.58. The minimum absolute atomic E-state index is 0.304. The lowest BCUT2D eigenvalue weighted by Gasteiger charge is -2.07. The zero-order valence-corrected chi connectivity index (χ0v) is 7.99. The molecule has 1 aromatic rings. The summed E-state index contributed by atoms with van der Waals surface area (Å²) in [6.07, 6.45) is 3.94. The van der Waals surface area contributed by atoms with Crippen molar-refractivity contribution in [2.75, 3.05) is 0 Å². The predicted molar refractivity (Wildman–Crippen MR) is 51.1 cm³/mol. The molecule has 1 aliphatic rings. The van der Waals surface area contributed by atoms with Crippen LogP contribution in [0.1, 0.15) is 28.9 Å². The molecule has 74 valence electrons. The highest BCUT2D eigenvalue weighted by Gasteiger charge is 2.24. The van der Waals surface area contributed by atoms with Gasteiger partial charge in [0, 0.05) is 6.20 Å². The Labute approximate surface area is 82.1 Å². The lowest BCUT2D eigenvalue weighted by atomic mass is 10.2. The van der Waals surface area contributed by atoms with E-state index in [-0.39, 0.29) is 0 Å². The van der Waals surface area contributed by atoms with Crippen molar-refractivity contribution in [3.63, 3.8) is 0 Å². The number of ether oxygens (including phenoxy) is 1. The Morgan fingerprint density at radius 1 is 1.64 bits per heavy atom. The first-order valence-corrected chi connectivity index (χ1v) is 4.60. The quantitative estimate of drug-likeness (QED) is 0.777. The van der Waals surface area contributed by atoms with E-state index in [9.17, 15) is 4.79 Å². The summed E-state index contributed by atoms with van der Waals surface area (Å²) in [5, 5.41) is 0. The first kappa shape index (κ1) is 8.99. The van der Waals surface area contributed by atoms with E-state index < -0.39 is 5.91 Å². The van der Waals surface area contributed by atoms with Gasteiger partial charge in [-0.15, -0.1) is 0 Å². The number of amides is 1. The van der Waals surface area contributed by atoms with Gasteiger partial charge < -0.3 is 10.5 Å². The molecular formula is C10H12N2O2. The summed E-state index contributed by atoms with van der Waals surface area (Å²) in [4.78, 5) is 14.9. The number of rotatable bonds is 3. The van der Waals surface area contributed by atoms with Crippen LogP contribution in [-0.2, 0) is 0 Å². The predicted octanol–water partition coefficient (Wildman–Crippen LogP) is 1.03. The van der Waals surface area contributed by atoms with Crippen molar-refractivity contribution in [1.82, 2.24) is 4.98 Å². The number of primary amides is 1. The Morgan fingerprint density at radius 3 is 2.93 bits per heavy atom. The SMILES string of the molecule is Cc1ncc(C(N)=O)cc1OC1CC1. The maximum absolute atomic E-state index is 10.9. The third-order valence-electron chi connectivity index (χ3n) is 2.14. The second kappa shape index (κ2) is 3.29. The number of aryl methyl sites for hydroxylation is 1. The smallest absolute Gasteiger partial charge is 0.250 e. The molecule has 0 saturated heterocycles. The van der Waals surface area contributed by atoms with Crippen molar-refractivity contribution in [3.05, 3.63) is 23.5 Å². The van der Waals surface area contributed by atoms with Crippen molar-refractivity contribution < 1.29 is 9.53 Å². The first-order valence-electron chi connectivity index (χ1n) is 4.60. The fourth-order valence-corrected chi connectivity index (χ4v) is 1.13. The standard InChI is InChI=1S/C10H12N2O2/c1-6-9(14-8-2-3-8)4-7(5-12-6)10(11)13/h4-5,8H,2-3H2,1H3,(H2,11,13). The normalized spacial score (nSPS) is 15.2. The Hall–Kier alpha value is -1.58. The van der Waals surface area contributed by atoms with Gasteiger partial charge in [0.1, 0.15) is 5.75 Å². The van der Waals surface area contributed by atoms with Gasteiger partial charge in [-0.25, -0.2) is 0 Å². The number of pyridine rings is 1. The molecule has 4 nitrogen and oxygen atoms in total. The Bertz CT molecular complexity index is 372. The fraction of sp³-hybridized carbons (Fsp3) is 0.400. The zero-order valence-electron chi connectivity index (χ0n) is 7.99. The molecule has 0 aliphatic heterocycles. The molecule has 0 aromatic carbocycles. The third kappa shape index (κ3) is 1.84. The molecule has 4 heteroatoms. The van der Waals surface area contributed by atoms with Crippen LogP contribution in [0.3, 0.4) is 0 Å². The molecule has 1 heterocycles. The molecule has 0 unspecified atom stereocenters. The van der Waals surface area contributed by atoms with Gasteiger partial charge in [-0.05, 0) is 25.8 Å². The zero-order chi connectivity index (χ0) is 10.1. The van der Waals surface area contributed by atoms with Gasteiger partial charge >= 0.3 is 0 Å². The number of carbonyl (C=O) groups is 1. The second-order valence-corrected chi connectivity index (χ2v) is 3.49. The molecule has 2 rings (SSSR count). The van der Waals surface area contributed by atoms with Crippen molar-refractivity contribution in [2.45, 2.75) is 25.9 Å². The van der Waals surface area contributed by atoms with Crippen LogP contribution in [0.5, 0.6) is 5.75 Å². The van der Waals surface area contributed by atoms with Crippen LogP contribution >= 0.6 is 0 Å². The molecule has 1 fully saturated rings. The Balaban J connectivity index is 2.26. The lowest BCUT2D eigenvalue weighted by molar-refractivity contribution is 0.0999. The number of aromatic nitrogens is 1. The van der Waals surface area contributed by atoms with E-state index in [1.165, 1.54) is 6.20 Å². The first-order chi connectivity index (χ1) is 6.66. The van der Waals surface area contributed by atoms with Crippen LogP contribution < -0.4 is 10.5 Å². The molecule has 1 aliphatic carbocycles. The van der Waals surface area contributed by atoms with Crippen LogP contribution in [0.25, 0.3) is 0 Å². The van der Waals surface area contributed by atoms with Gasteiger partial charge in [-0.2, -0.15) is 0 Å². The van der Waals surface area contributed by atoms with Crippen LogP contribution in [0, 0.1) is 6.92 Å². The molecule has 0 radical (unpaired) electrons.